The number of hydrogen-bond acceptors (Lipinski definition) is 5. The Hall–Kier alpha value is -3.27. The SMILES string of the molecule is N#CCc1nc2ccccc2n1-c1ncccc1[N+](=O)[O-]. The van der Waals surface area contributed by atoms with E-state index in [1.54, 1.807) is 16.7 Å². The van der Waals surface area contributed by atoms with Crippen LogP contribution >= 0.6 is 0 Å². The summed E-state index contributed by atoms with van der Waals surface area (Å²) >= 11 is 0. The van der Waals surface area contributed by atoms with E-state index in [4.69, 9.17) is 5.26 Å². The first kappa shape index (κ1) is 12.7. The topological polar surface area (TPSA) is 97.6 Å². The molecule has 3 aromatic rings. The maximum atomic E-state index is 11.2. The molecule has 0 bridgehead atoms. The first-order chi connectivity index (χ1) is 10.2. The van der Waals surface area contributed by atoms with Gasteiger partial charge in [0.2, 0.25) is 5.82 Å². The van der Waals surface area contributed by atoms with Gasteiger partial charge < -0.3 is 0 Å². The molecule has 0 atom stereocenters. The number of nitrogens with zero attached hydrogens (tertiary/aromatic N) is 5. The zero-order valence-electron chi connectivity index (χ0n) is 10.8. The summed E-state index contributed by atoms with van der Waals surface area (Å²) in [7, 11) is 0. The van der Waals surface area contributed by atoms with Crippen LogP contribution in [0.4, 0.5) is 5.69 Å². The maximum absolute atomic E-state index is 11.2. The number of imidazole rings is 1. The maximum Gasteiger partial charge on any atom is 0.312 e. The van der Waals surface area contributed by atoms with Gasteiger partial charge in [-0.2, -0.15) is 5.26 Å². The van der Waals surface area contributed by atoms with Gasteiger partial charge in [-0.25, -0.2) is 9.97 Å². The van der Waals surface area contributed by atoms with Crippen molar-refractivity contribution in [1.82, 2.24) is 14.5 Å². The highest BCUT2D eigenvalue weighted by molar-refractivity contribution is 5.78. The van der Waals surface area contributed by atoms with Crippen LogP contribution in [0, 0.1) is 21.4 Å². The van der Waals surface area contributed by atoms with E-state index in [1.165, 1.54) is 18.3 Å². The first-order valence-electron chi connectivity index (χ1n) is 6.15. The number of para-hydroxylation sites is 2. The molecule has 0 spiro atoms. The van der Waals surface area contributed by atoms with Crippen LogP contribution in [0.5, 0.6) is 0 Å². The third-order valence-electron chi connectivity index (χ3n) is 3.04. The number of nitriles is 1. The number of pyridine rings is 1. The summed E-state index contributed by atoms with van der Waals surface area (Å²) in [6, 6.07) is 12.1. The van der Waals surface area contributed by atoms with E-state index in [9.17, 15) is 10.1 Å². The van der Waals surface area contributed by atoms with Crippen LogP contribution in [0.15, 0.2) is 42.6 Å². The van der Waals surface area contributed by atoms with Gasteiger partial charge in [0, 0.05) is 12.3 Å². The second kappa shape index (κ2) is 5.02. The molecule has 0 aliphatic heterocycles. The van der Waals surface area contributed by atoms with E-state index in [2.05, 4.69) is 9.97 Å². The molecule has 2 aromatic heterocycles. The van der Waals surface area contributed by atoms with Crippen LogP contribution in [-0.4, -0.2) is 19.5 Å². The fourth-order valence-electron chi connectivity index (χ4n) is 2.20. The molecule has 3 rings (SSSR count). The summed E-state index contributed by atoms with van der Waals surface area (Å²) in [5, 5.41) is 20.1. The van der Waals surface area contributed by atoms with Crippen molar-refractivity contribution in [2.75, 3.05) is 0 Å². The van der Waals surface area contributed by atoms with Gasteiger partial charge in [-0.1, -0.05) is 12.1 Å². The van der Waals surface area contributed by atoms with Crippen molar-refractivity contribution in [3.05, 3.63) is 58.5 Å². The Morgan fingerprint density at radius 1 is 1.29 bits per heavy atom. The van der Waals surface area contributed by atoms with Gasteiger partial charge in [-0.3, -0.25) is 14.7 Å². The summed E-state index contributed by atoms with van der Waals surface area (Å²) in [6.45, 7) is 0. The molecular formula is C14H9N5O2. The molecule has 7 heteroatoms. The number of hydrogen-bond donors (Lipinski definition) is 0. The van der Waals surface area contributed by atoms with Crippen LogP contribution < -0.4 is 0 Å². The number of fused-ring (bicyclic) bond motifs is 1. The van der Waals surface area contributed by atoms with Gasteiger partial charge in [-0.05, 0) is 18.2 Å². The molecule has 0 aliphatic carbocycles. The highest BCUT2D eigenvalue weighted by Crippen LogP contribution is 2.26. The van der Waals surface area contributed by atoms with Crippen LogP contribution in [0.25, 0.3) is 16.9 Å². The minimum atomic E-state index is -0.493. The zero-order valence-corrected chi connectivity index (χ0v) is 10.8. The number of rotatable bonds is 3. The van der Waals surface area contributed by atoms with Crippen molar-refractivity contribution < 1.29 is 4.92 Å². The van der Waals surface area contributed by atoms with Crippen LogP contribution in [0.1, 0.15) is 5.82 Å². The zero-order chi connectivity index (χ0) is 14.8. The van der Waals surface area contributed by atoms with E-state index in [0.717, 1.165) is 0 Å². The minimum absolute atomic E-state index is 0.0441. The summed E-state index contributed by atoms with van der Waals surface area (Å²) in [4.78, 5) is 19.2. The molecule has 0 radical (unpaired) electrons. The van der Waals surface area contributed by atoms with Crippen LogP contribution in [0.2, 0.25) is 0 Å². The van der Waals surface area contributed by atoms with Crippen LogP contribution in [-0.2, 0) is 6.42 Å². The molecular weight excluding hydrogens is 270 g/mol. The molecule has 0 aliphatic rings. The molecule has 21 heavy (non-hydrogen) atoms. The fraction of sp³-hybridized carbons (Fsp3) is 0.0714. The summed E-state index contributed by atoms with van der Waals surface area (Å²) in [6.07, 6.45) is 1.52. The van der Waals surface area contributed by atoms with Crippen LogP contribution in [0.3, 0.4) is 0 Å². The monoisotopic (exact) mass is 279 g/mol. The Kier molecular flexibility index (Phi) is 3.04. The first-order valence-corrected chi connectivity index (χ1v) is 6.15. The lowest BCUT2D eigenvalue weighted by molar-refractivity contribution is -0.384. The Morgan fingerprint density at radius 2 is 2.10 bits per heavy atom. The Balaban J connectivity index is 2.37. The Labute approximate surface area is 119 Å². The van der Waals surface area contributed by atoms with Crippen molar-refractivity contribution in [2.45, 2.75) is 6.42 Å². The van der Waals surface area contributed by atoms with Gasteiger partial charge in [0.25, 0.3) is 0 Å². The van der Waals surface area contributed by atoms with Crippen molar-refractivity contribution in [3.8, 4) is 11.9 Å². The summed E-state index contributed by atoms with van der Waals surface area (Å²) in [5.74, 6) is 0.599. The van der Waals surface area contributed by atoms with E-state index >= 15 is 0 Å². The van der Waals surface area contributed by atoms with E-state index in [0.29, 0.717) is 16.9 Å². The van der Waals surface area contributed by atoms with Gasteiger partial charge in [-0.15, -0.1) is 0 Å². The predicted octanol–water partition coefficient (Wildman–Crippen LogP) is 2.39. The Bertz CT molecular complexity index is 878. The van der Waals surface area contributed by atoms with Crippen molar-refractivity contribution >= 4 is 16.7 Å². The minimum Gasteiger partial charge on any atom is -0.274 e. The molecule has 102 valence electrons. The average molecular weight is 279 g/mol. The summed E-state index contributed by atoms with van der Waals surface area (Å²) in [5.41, 5.74) is 1.23. The highest BCUT2D eigenvalue weighted by atomic mass is 16.6. The smallest absolute Gasteiger partial charge is 0.274 e. The molecule has 2 heterocycles. The van der Waals surface area contributed by atoms with Crippen molar-refractivity contribution in [3.63, 3.8) is 0 Å². The molecule has 0 saturated heterocycles. The Morgan fingerprint density at radius 3 is 2.86 bits per heavy atom. The lowest BCUT2D eigenvalue weighted by Crippen LogP contribution is -2.06. The standard InChI is InChI=1S/C14H9N5O2/c15-8-7-13-17-10-4-1-2-5-11(10)18(13)14-12(19(20)21)6-3-9-16-14/h1-6,9H,7H2. The van der Waals surface area contributed by atoms with Crippen molar-refractivity contribution in [2.24, 2.45) is 0 Å². The normalized spacial score (nSPS) is 10.4. The van der Waals surface area contributed by atoms with Gasteiger partial charge in [0.1, 0.15) is 5.82 Å². The summed E-state index contributed by atoms with van der Waals surface area (Å²) < 4.78 is 1.57. The second-order valence-corrected chi connectivity index (χ2v) is 4.29. The highest BCUT2D eigenvalue weighted by Gasteiger charge is 2.21. The largest absolute Gasteiger partial charge is 0.312 e. The molecule has 0 amide bonds. The van der Waals surface area contributed by atoms with E-state index in [1.807, 2.05) is 18.2 Å². The number of aromatic nitrogens is 3. The predicted molar refractivity (Wildman–Crippen MR) is 74.8 cm³/mol. The van der Waals surface area contributed by atoms with E-state index in [-0.39, 0.29) is 17.9 Å². The van der Waals surface area contributed by atoms with Gasteiger partial charge in [0.05, 0.1) is 28.4 Å². The molecule has 1 aromatic carbocycles. The van der Waals surface area contributed by atoms with E-state index < -0.39 is 4.92 Å². The molecule has 0 saturated carbocycles. The van der Waals surface area contributed by atoms with Gasteiger partial charge >= 0.3 is 5.69 Å². The number of benzene rings is 1. The molecule has 0 N–H and O–H groups in total. The van der Waals surface area contributed by atoms with Crippen molar-refractivity contribution in [1.29, 1.82) is 5.26 Å². The third-order valence-corrected chi connectivity index (χ3v) is 3.04. The van der Waals surface area contributed by atoms with Gasteiger partial charge in [0.15, 0.2) is 0 Å². The lowest BCUT2D eigenvalue weighted by atomic mass is 10.3. The lowest BCUT2D eigenvalue weighted by Gasteiger charge is -2.06. The fourth-order valence-corrected chi connectivity index (χ4v) is 2.20. The quantitative estimate of drug-likeness (QED) is 0.541. The third kappa shape index (κ3) is 2.08. The molecule has 0 fully saturated rings. The average Bonchev–Trinajstić information content (AvgIpc) is 2.85. The second-order valence-electron chi connectivity index (χ2n) is 4.29. The molecule has 7 nitrogen and oxygen atoms in total. The molecule has 0 unspecified atom stereocenters. The number of nitro groups is 1.